The Morgan fingerprint density at radius 1 is 1.33 bits per heavy atom. The number of likely N-dealkylation sites (tertiary alicyclic amines) is 1. The van der Waals surface area contributed by atoms with E-state index in [1.54, 1.807) is 0 Å². The Morgan fingerprint density at radius 3 is 2.88 bits per heavy atom. The summed E-state index contributed by atoms with van der Waals surface area (Å²) in [6.07, 6.45) is 8.78. The average Bonchev–Trinajstić information content (AvgIpc) is 3.24. The van der Waals surface area contributed by atoms with Crippen molar-refractivity contribution in [1.82, 2.24) is 19.0 Å². The molecule has 128 valence electrons. The molecule has 5 heteroatoms. The van der Waals surface area contributed by atoms with E-state index in [2.05, 4.69) is 16.5 Å². The first-order valence-electron chi connectivity index (χ1n) is 9.06. The summed E-state index contributed by atoms with van der Waals surface area (Å²) in [5, 5.41) is 0. The monoisotopic (exact) mass is 326 g/mol. The van der Waals surface area contributed by atoms with Crippen LogP contribution in [0.5, 0.6) is 0 Å². The Morgan fingerprint density at radius 2 is 2.17 bits per heavy atom. The highest BCUT2D eigenvalue weighted by molar-refractivity contribution is 5.92. The number of amides is 1. The molecule has 5 nitrogen and oxygen atoms in total. The van der Waals surface area contributed by atoms with E-state index in [0.29, 0.717) is 11.8 Å². The molecule has 0 spiro atoms. The van der Waals surface area contributed by atoms with Gasteiger partial charge in [0.2, 0.25) is 0 Å². The van der Waals surface area contributed by atoms with Gasteiger partial charge >= 0.3 is 0 Å². The zero-order valence-electron chi connectivity index (χ0n) is 14.6. The zero-order valence-corrected chi connectivity index (χ0v) is 14.6. The van der Waals surface area contributed by atoms with Crippen molar-refractivity contribution in [2.24, 2.45) is 13.0 Å². The molecule has 0 N–H and O–H groups in total. The van der Waals surface area contributed by atoms with Crippen LogP contribution in [0.3, 0.4) is 0 Å². The van der Waals surface area contributed by atoms with Gasteiger partial charge in [-0.2, -0.15) is 0 Å². The zero-order chi connectivity index (χ0) is 16.7. The van der Waals surface area contributed by atoms with Gasteiger partial charge in [0.1, 0.15) is 11.5 Å². The molecule has 4 rings (SSSR count). The second-order valence-corrected chi connectivity index (χ2v) is 7.41. The fourth-order valence-electron chi connectivity index (χ4n) is 3.89. The van der Waals surface area contributed by atoms with Gasteiger partial charge in [0.05, 0.1) is 0 Å². The largest absolute Gasteiger partial charge is 0.347 e. The Labute approximate surface area is 143 Å². The molecule has 2 fully saturated rings. The Kier molecular flexibility index (Phi) is 3.94. The molecule has 2 aliphatic rings. The smallest absolute Gasteiger partial charge is 0.270 e. The van der Waals surface area contributed by atoms with Crippen LogP contribution in [-0.2, 0) is 13.6 Å². The molecule has 1 unspecified atom stereocenters. The van der Waals surface area contributed by atoms with E-state index in [-0.39, 0.29) is 5.91 Å². The van der Waals surface area contributed by atoms with Gasteiger partial charge in [0.15, 0.2) is 0 Å². The summed E-state index contributed by atoms with van der Waals surface area (Å²) in [6, 6.07) is 3.85. The SMILES string of the molecule is Cc1cnc(C2CC2)n1CC1CCCN(C(=O)c2cccn2C)C1. The van der Waals surface area contributed by atoms with Crippen LogP contribution in [0, 0.1) is 12.8 Å². The van der Waals surface area contributed by atoms with Gasteiger partial charge in [-0.15, -0.1) is 0 Å². The highest BCUT2D eigenvalue weighted by Gasteiger charge is 2.31. The highest BCUT2D eigenvalue weighted by atomic mass is 16.2. The highest BCUT2D eigenvalue weighted by Crippen LogP contribution is 2.40. The number of piperidine rings is 1. The average molecular weight is 326 g/mol. The van der Waals surface area contributed by atoms with Crippen molar-refractivity contribution in [1.29, 1.82) is 0 Å². The van der Waals surface area contributed by atoms with Crippen LogP contribution in [0.25, 0.3) is 0 Å². The van der Waals surface area contributed by atoms with Gasteiger partial charge in [-0.25, -0.2) is 4.98 Å². The molecule has 0 radical (unpaired) electrons. The summed E-state index contributed by atoms with van der Waals surface area (Å²) in [4.78, 5) is 19.4. The van der Waals surface area contributed by atoms with E-state index in [1.165, 1.54) is 30.8 Å². The first kappa shape index (κ1) is 15.5. The van der Waals surface area contributed by atoms with Crippen LogP contribution in [0.4, 0.5) is 0 Å². The molecule has 2 aromatic heterocycles. The molecule has 1 atom stereocenters. The van der Waals surface area contributed by atoms with Crippen molar-refractivity contribution in [2.45, 2.75) is 45.1 Å². The number of hydrogen-bond acceptors (Lipinski definition) is 2. The van der Waals surface area contributed by atoms with Crippen molar-refractivity contribution in [3.63, 3.8) is 0 Å². The first-order chi connectivity index (χ1) is 11.6. The fraction of sp³-hybridized carbons (Fsp3) is 0.579. The molecule has 24 heavy (non-hydrogen) atoms. The number of carbonyl (C=O) groups excluding carboxylic acids is 1. The van der Waals surface area contributed by atoms with Gasteiger partial charge in [0, 0.05) is 50.7 Å². The minimum atomic E-state index is 0.164. The number of rotatable bonds is 4. The molecular formula is C19H26N4O. The predicted molar refractivity (Wildman–Crippen MR) is 93.0 cm³/mol. The van der Waals surface area contributed by atoms with E-state index in [1.807, 2.05) is 41.0 Å². The lowest BCUT2D eigenvalue weighted by atomic mass is 9.97. The number of aromatic nitrogens is 3. The Balaban J connectivity index is 1.47. The van der Waals surface area contributed by atoms with E-state index >= 15 is 0 Å². The third-order valence-corrected chi connectivity index (χ3v) is 5.44. The summed E-state index contributed by atoms with van der Waals surface area (Å²) >= 11 is 0. The summed E-state index contributed by atoms with van der Waals surface area (Å²) in [6.45, 7) is 4.87. The normalized spacial score (nSPS) is 21.2. The summed E-state index contributed by atoms with van der Waals surface area (Å²) in [5.74, 6) is 2.62. The standard InChI is InChI=1S/C19H26N4O/c1-14-11-20-18(16-7-8-16)23(14)13-15-5-3-10-22(12-15)19(24)17-6-4-9-21(17)2/h4,6,9,11,15-16H,3,5,7-8,10,12-13H2,1-2H3. The molecule has 1 amide bonds. The quantitative estimate of drug-likeness (QED) is 0.867. The van der Waals surface area contributed by atoms with Crippen LogP contribution < -0.4 is 0 Å². The molecule has 0 aromatic carbocycles. The maximum absolute atomic E-state index is 12.8. The fourth-order valence-corrected chi connectivity index (χ4v) is 3.89. The maximum atomic E-state index is 12.8. The number of aryl methyl sites for hydroxylation is 2. The summed E-state index contributed by atoms with van der Waals surface area (Å²) < 4.78 is 4.32. The van der Waals surface area contributed by atoms with E-state index in [4.69, 9.17) is 0 Å². The topological polar surface area (TPSA) is 43.1 Å². The molecule has 0 bridgehead atoms. The van der Waals surface area contributed by atoms with E-state index in [9.17, 15) is 4.79 Å². The summed E-state index contributed by atoms with van der Waals surface area (Å²) in [5.41, 5.74) is 2.04. The predicted octanol–water partition coefficient (Wildman–Crippen LogP) is 2.96. The Hall–Kier alpha value is -2.04. The minimum absolute atomic E-state index is 0.164. The van der Waals surface area contributed by atoms with E-state index < -0.39 is 0 Å². The lowest BCUT2D eigenvalue weighted by Gasteiger charge is -2.33. The van der Waals surface area contributed by atoms with Crippen molar-refractivity contribution in [3.05, 3.63) is 41.7 Å². The number of imidazole rings is 1. The lowest BCUT2D eigenvalue weighted by molar-refractivity contribution is 0.0652. The van der Waals surface area contributed by atoms with Crippen molar-refractivity contribution in [2.75, 3.05) is 13.1 Å². The second kappa shape index (κ2) is 6.11. The third kappa shape index (κ3) is 2.87. The van der Waals surface area contributed by atoms with Gasteiger partial charge < -0.3 is 14.0 Å². The van der Waals surface area contributed by atoms with Gasteiger partial charge in [-0.05, 0) is 50.7 Å². The van der Waals surface area contributed by atoms with Crippen molar-refractivity contribution < 1.29 is 4.79 Å². The number of carbonyl (C=O) groups is 1. The first-order valence-corrected chi connectivity index (χ1v) is 9.06. The van der Waals surface area contributed by atoms with Crippen molar-refractivity contribution >= 4 is 5.91 Å². The molecule has 1 saturated heterocycles. The number of nitrogens with zero attached hydrogens (tertiary/aromatic N) is 4. The van der Waals surface area contributed by atoms with Crippen LogP contribution >= 0.6 is 0 Å². The maximum Gasteiger partial charge on any atom is 0.270 e. The second-order valence-electron chi connectivity index (χ2n) is 7.41. The molecule has 1 aliphatic carbocycles. The molecule has 3 heterocycles. The molecular weight excluding hydrogens is 300 g/mol. The van der Waals surface area contributed by atoms with Gasteiger partial charge in [-0.3, -0.25) is 4.79 Å². The minimum Gasteiger partial charge on any atom is -0.347 e. The summed E-state index contributed by atoms with van der Waals surface area (Å²) in [7, 11) is 1.94. The van der Waals surface area contributed by atoms with Gasteiger partial charge in [0.25, 0.3) is 5.91 Å². The van der Waals surface area contributed by atoms with Gasteiger partial charge in [-0.1, -0.05) is 0 Å². The third-order valence-electron chi connectivity index (χ3n) is 5.44. The van der Waals surface area contributed by atoms with E-state index in [0.717, 1.165) is 31.7 Å². The Bertz CT molecular complexity index is 740. The number of hydrogen-bond donors (Lipinski definition) is 0. The van der Waals surface area contributed by atoms with Crippen LogP contribution in [0.1, 0.15) is 53.6 Å². The molecule has 1 aliphatic heterocycles. The van der Waals surface area contributed by atoms with Crippen LogP contribution in [0.15, 0.2) is 24.5 Å². The van der Waals surface area contributed by atoms with Crippen molar-refractivity contribution in [3.8, 4) is 0 Å². The molecule has 1 saturated carbocycles. The van der Waals surface area contributed by atoms with Crippen LogP contribution in [-0.4, -0.2) is 38.0 Å². The molecule has 2 aromatic rings. The van der Waals surface area contributed by atoms with Crippen LogP contribution in [0.2, 0.25) is 0 Å². The lowest BCUT2D eigenvalue weighted by Crippen LogP contribution is -2.41.